The van der Waals surface area contributed by atoms with Crippen LogP contribution in [0, 0.1) is 5.92 Å². The summed E-state index contributed by atoms with van der Waals surface area (Å²) in [4.78, 5) is 50.8. The van der Waals surface area contributed by atoms with Gasteiger partial charge in [-0.25, -0.2) is 18.7 Å². The highest BCUT2D eigenvalue weighted by Crippen LogP contribution is 2.18. The summed E-state index contributed by atoms with van der Waals surface area (Å²) < 4.78 is 9.08. The number of ether oxygens (including phenoxy) is 1. The van der Waals surface area contributed by atoms with Gasteiger partial charge in [-0.05, 0) is 35.9 Å². The van der Waals surface area contributed by atoms with E-state index in [-0.39, 0.29) is 29.1 Å². The number of carbonyl (C=O) groups is 2. The first-order valence-electron chi connectivity index (χ1n) is 10.4. The van der Waals surface area contributed by atoms with Crippen molar-refractivity contribution in [2.24, 2.45) is 5.92 Å². The lowest BCUT2D eigenvalue weighted by Gasteiger charge is -2.09. The number of anilines is 1. The van der Waals surface area contributed by atoms with E-state index in [1.165, 1.54) is 33.5 Å². The van der Waals surface area contributed by atoms with E-state index >= 15 is 0 Å². The summed E-state index contributed by atoms with van der Waals surface area (Å²) in [6.45, 7) is 4.11. The van der Waals surface area contributed by atoms with Crippen LogP contribution in [0.3, 0.4) is 0 Å². The first kappa shape index (κ1) is 22.5. The Kier molecular flexibility index (Phi) is 6.14. The molecule has 0 saturated carbocycles. The second kappa shape index (κ2) is 9.02. The summed E-state index contributed by atoms with van der Waals surface area (Å²) >= 11 is 1.26. The Labute approximate surface area is 192 Å². The number of methoxy groups -OCH3 is 1. The van der Waals surface area contributed by atoms with Crippen LogP contribution in [0.5, 0.6) is 0 Å². The van der Waals surface area contributed by atoms with Gasteiger partial charge in [0.2, 0.25) is 11.7 Å². The fourth-order valence-electron chi connectivity index (χ4n) is 3.53. The summed E-state index contributed by atoms with van der Waals surface area (Å²) in [5, 5.41) is 8.70. The largest absolute Gasteiger partial charge is 0.465 e. The number of hydrogen-bond donors (Lipinski definition) is 1. The molecule has 10 nitrogen and oxygen atoms in total. The number of amides is 1. The van der Waals surface area contributed by atoms with Crippen molar-refractivity contribution in [3.63, 3.8) is 0 Å². The zero-order valence-corrected chi connectivity index (χ0v) is 19.2. The van der Waals surface area contributed by atoms with Crippen molar-refractivity contribution in [1.82, 2.24) is 18.7 Å². The van der Waals surface area contributed by atoms with Crippen molar-refractivity contribution >= 4 is 44.9 Å². The fraction of sp³-hybridized carbons (Fsp3) is 0.318. The zero-order valence-electron chi connectivity index (χ0n) is 18.4. The molecule has 4 aromatic rings. The quantitative estimate of drug-likeness (QED) is 0.415. The molecule has 1 N–H and O–H groups in total. The van der Waals surface area contributed by atoms with Crippen molar-refractivity contribution in [3.05, 3.63) is 62.1 Å². The van der Waals surface area contributed by atoms with Crippen molar-refractivity contribution < 1.29 is 14.3 Å². The SMILES string of the molecule is COC(=O)c1ccccc1NC(=O)Cn1nc2n(CCC(C)C)c(=O)c3sccc3n2c1=O. The highest BCUT2D eigenvalue weighted by atomic mass is 32.1. The van der Waals surface area contributed by atoms with Gasteiger partial charge in [0, 0.05) is 6.54 Å². The van der Waals surface area contributed by atoms with Gasteiger partial charge in [0.1, 0.15) is 11.2 Å². The summed E-state index contributed by atoms with van der Waals surface area (Å²) in [7, 11) is 1.25. The molecule has 0 aliphatic heterocycles. The number of fused-ring (bicyclic) bond motifs is 3. The predicted octanol–water partition coefficient (Wildman–Crippen LogP) is 2.34. The molecule has 0 atom stereocenters. The highest BCUT2D eigenvalue weighted by Gasteiger charge is 2.20. The monoisotopic (exact) mass is 469 g/mol. The van der Waals surface area contributed by atoms with Crippen LogP contribution in [-0.2, 0) is 22.6 Å². The Morgan fingerprint density at radius 1 is 1.18 bits per heavy atom. The van der Waals surface area contributed by atoms with E-state index in [0.29, 0.717) is 22.7 Å². The van der Waals surface area contributed by atoms with Gasteiger partial charge in [-0.2, -0.15) is 0 Å². The van der Waals surface area contributed by atoms with Gasteiger partial charge in [-0.1, -0.05) is 26.0 Å². The molecule has 172 valence electrons. The molecule has 11 heteroatoms. The molecule has 0 saturated heterocycles. The van der Waals surface area contributed by atoms with Crippen LogP contribution in [0.15, 0.2) is 45.3 Å². The van der Waals surface area contributed by atoms with Crippen molar-refractivity contribution in [3.8, 4) is 0 Å². The Morgan fingerprint density at radius 2 is 1.94 bits per heavy atom. The Bertz CT molecular complexity index is 1480. The second-order valence-corrected chi connectivity index (χ2v) is 8.85. The molecule has 33 heavy (non-hydrogen) atoms. The van der Waals surface area contributed by atoms with Crippen LogP contribution < -0.4 is 16.6 Å². The lowest BCUT2D eigenvalue weighted by atomic mass is 10.1. The average molecular weight is 470 g/mol. The molecule has 1 aromatic carbocycles. The number of carbonyl (C=O) groups excluding carboxylic acids is 2. The Balaban J connectivity index is 1.73. The first-order valence-corrected chi connectivity index (χ1v) is 11.3. The number of thiophene rings is 1. The normalized spacial score (nSPS) is 11.4. The van der Waals surface area contributed by atoms with Crippen LogP contribution in [-0.4, -0.2) is 37.7 Å². The molecule has 0 spiro atoms. The number of aromatic nitrogens is 4. The lowest BCUT2D eigenvalue weighted by Crippen LogP contribution is -2.29. The summed E-state index contributed by atoms with van der Waals surface area (Å²) in [6, 6.07) is 8.10. The average Bonchev–Trinajstić information content (AvgIpc) is 3.38. The van der Waals surface area contributed by atoms with Gasteiger partial charge in [0.25, 0.3) is 5.56 Å². The van der Waals surface area contributed by atoms with Crippen LogP contribution in [0.1, 0.15) is 30.6 Å². The smallest absolute Gasteiger partial charge is 0.352 e. The lowest BCUT2D eigenvalue weighted by molar-refractivity contribution is -0.117. The minimum Gasteiger partial charge on any atom is -0.465 e. The maximum Gasteiger partial charge on any atom is 0.352 e. The number of para-hydroxylation sites is 1. The topological polar surface area (TPSA) is 117 Å². The number of rotatable bonds is 7. The summed E-state index contributed by atoms with van der Waals surface area (Å²) in [6.07, 6.45) is 0.734. The second-order valence-electron chi connectivity index (χ2n) is 7.94. The molecule has 0 radical (unpaired) electrons. The van der Waals surface area contributed by atoms with E-state index < -0.39 is 17.6 Å². The molecule has 0 aliphatic carbocycles. The van der Waals surface area contributed by atoms with E-state index in [1.807, 2.05) is 13.8 Å². The van der Waals surface area contributed by atoms with Crippen LogP contribution in [0.25, 0.3) is 16.0 Å². The van der Waals surface area contributed by atoms with E-state index in [0.717, 1.165) is 11.1 Å². The maximum atomic E-state index is 13.2. The number of esters is 1. The first-order chi connectivity index (χ1) is 15.8. The van der Waals surface area contributed by atoms with Gasteiger partial charge in [0.15, 0.2) is 0 Å². The molecule has 3 aromatic heterocycles. The van der Waals surface area contributed by atoms with E-state index in [4.69, 9.17) is 4.74 Å². The molecule has 1 amide bonds. The third-order valence-corrected chi connectivity index (χ3v) is 6.11. The Morgan fingerprint density at radius 3 is 2.67 bits per heavy atom. The van der Waals surface area contributed by atoms with Crippen molar-refractivity contribution in [2.75, 3.05) is 12.4 Å². The third-order valence-electron chi connectivity index (χ3n) is 5.22. The molecule has 0 aliphatic rings. The minimum absolute atomic E-state index is 0.193. The molecule has 0 bridgehead atoms. The fourth-order valence-corrected chi connectivity index (χ4v) is 4.36. The predicted molar refractivity (Wildman–Crippen MR) is 125 cm³/mol. The molecule has 4 rings (SSSR count). The van der Waals surface area contributed by atoms with E-state index in [1.54, 1.807) is 29.6 Å². The highest BCUT2D eigenvalue weighted by molar-refractivity contribution is 7.17. The van der Waals surface area contributed by atoms with Crippen LogP contribution >= 0.6 is 11.3 Å². The summed E-state index contributed by atoms with van der Waals surface area (Å²) in [5.74, 6) is -0.593. The van der Waals surface area contributed by atoms with E-state index in [9.17, 15) is 19.2 Å². The Hall–Kier alpha value is -3.73. The maximum absolute atomic E-state index is 13.2. The van der Waals surface area contributed by atoms with Crippen LogP contribution in [0.2, 0.25) is 0 Å². The summed E-state index contributed by atoms with van der Waals surface area (Å²) in [5.41, 5.74) is 0.191. The molecule has 0 fully saturated rings. The molecular weight excluding hydrogens is 446 g/mol. The standard InChI is InChI=1S/C22H23N5O5S/c1-13(2)8-10-25-19(29)18-16(9-11-33-18)27-21(25)24-26(22(27)31)12-17(28)23-15-7-5-4-6-14(15)20(30)32-3/h4-7,9,11,13H,8,10,12H2,1-3H3,(H,23,28). The van der Waals surface area contributed by atoms with Gasteiger partial charge >= 0.3 is 11.7 Å². The minimum atomic E-state index is -0.593. The number of benzene rings is 1. The molecule has 0 unspecified atom stereocenters. The van der Waals surface area contributed by atoms with Crippen LogP contribution in [0.4, 0.5) is 5.69 Å². The van der Waals surface area contributed by atoms with Gasteiger partial charge in [-0.15, -0.1) is 16.4 Å². The molecule has 3 heterocycles. The number of nitrogens with one attached hydrogen (secondary N) is 1. The van der Waals surface area contributed by atoms with Gasteiger partial charge in [-0.3, -0.25) is 14.2 Å². The zero-order chi connectivity index (χ0) is 23.7. The molecular formula is C22H23N5O5S. The van der Waals surface area contributed by atoms with Gasteiger partial charge in [0.05, 0.1) is 23.9 Å². The number of aryl methyl sites for hydroxylation is 1. The van der Waals surface area contributed by atoms with Crippen molar-refractivity contribution in [2.45, 2.75) is 33.4 Å². The van der Waals surface area contributed by atoms with Crippen molar-refractivity contribution in [1.29, 1.82) is 0 Å². The number of nitrogens with zero attached hydrogens (tertiary/aromatic N) is 4. The van der Waals surface area contributed by atoms with Gasteiger partial charge < -0.3 is 10.1 Å². The number of hydrogen-bond acceptors (Lipinski definition) is 7. The van der Waals surface area contributed by atoms with E-state index in [2.05, 4.69) is 10.4 Å². The third kappa shape index (κ3) is 4.19.